The molecule has 7 heteroatoms. The van der Waals surface area contributed by atoms with Crippen LogP contribution >= 0.6 is 11.6 Å². The molecule has 0 spiro atoms. The van der Waals surface area contributed by atoms with Gasteiger partial charge in [-0.15, -0.1) is 0 Å². The number of aryl methyl sites for hydroxylation is 1. The number of halogens is 1. The Balaban J connectivity index is 2.58. The molecule has 2 aromatic rings. The lowest BCUT2D eigenvalue weighted by atomic mass is 10.4. The van der Waals surface area contributed by atoms with E-state index in [-0.39, 0.29) is 16.7 Å². The van der Waals surface area contributed by atoms with Crippen molar-refractivity contribution in [1.82, 2.24) is 19.5 Å². The maximum atomic E-state index is 10.8. The van der Waals surface area contributed by atoms with Crippen molar-refractivity contribution in [2.75, 3.05) is 0 Å². The van der Waals surface area contributed by atoms with Crippen molar-refractivity contribution >= 4 is 17.6 Å². The highest BCUT2D eigenvalue weighted by Gasteiger charge is 2.13. The van der Waals surface area contributed by atoms with E-state index in [0.717, 1.165) is 0 Å². The molecule has 1 N–H and O–H groups in total. The van der Waals surface area contributed by atoms with E-state index in [1.165, 1.54) is 6.07 Å². The molecule has 0 saturated carbocycles. The predicted molar refractivity (Wildman–Crippen MR) is 56.2 cm³/mol. The lowest BCUT2D eigenvalue weighted by Crippen LogP contribution is -2.05. The molecule has 82 valence electrons. The highest BCUT2D eigenvalue weighted by atomic mass is 35.5. The standard InChI is InChI=1S/C9H7ClN4O2/c1-14-3-2-11-8(14)7-12-5(9(15)16)4-6(10)13-7/h2-4H,1H3,(H,15,16). The third-order valence-corrected chi connectivity index (χ3v) is 2.13. The molecule has 0 aromatic carbocycles. The second-order valence-corrected chi connectivity index (χ2v) is 3.45. The van der Waals surface area contributed by atoms with E-state index >= 15 is 0 Å². The summed E-state index contributed by atoms with van der Waals surface area (Å²) in [6.45, 7) is 0. The van der Waals surface area contributed by atoms with E-state index in [0.29, 0.717) is 5.82 Å². The van der Waals surface area contributed by atoms with Crippen molar-refractivity contribution in [2.45, 2.75) is 0 Å². The Bertz CT molecular complexity index is 552. The fourth-order valence-electron chi connectivity index (χ4n) is 1.21. The fourth-order valence-corrected chi connectivity index (χ4v) is 1.39. The van der Waals surface area contributed by atoms with Gasteiger partial charge in [0.25, 0.3) is 0 Å². The number of nitrogens with zero attached hydrogens (tertiary/aromatic N) is 4. The van der Waals surface area contributed by atoms with Gasteiger partial charge < -0.3 is 9.67 Å². The van der Waals surface area contributed by atoms with E-state index in [1.807, 2.05) is 0 Å². The van der Waals surface area contributed by atoms with Crippen LogP contribution in [0.5, 0.6) is 0 Å². The SMILES string of the molecule is Cn1ccnc1-c1nc(Cl)cc(C(=O)O)n1. The summed E-state index contributed by atoms with van der Waals surface area (Å²) < 4.78 is 1.68. The van der Waals surface area contributed by atoms with Crippen molar-refractivity contribution in [2.24, 2.45) is 7.05 Å². The third-order valence-electron chi connectivity index (χ3n) is 1.94. The van der Waals surface area contributed by atoms with Crippen LogP contribution in [0.4, 0.5) is 0 Å². The Kier molecular flexibility index (Phi) is 2.57. The minimum Gasteiger partial charge on any atom is -0.477 e. The van der Waals surface area contributed by atoms with Crippen molar-refractivity contribution in [3.8, 4) is 11.6 Å². The van der Waals surface area contributed by atoms with Gasteiger partial charge in [-0.1, -0.05) is 11.6 Å². The fraction of sp³-hybridized carbons (Fsp3) is 0.111. The minimum atomic E-state index is -1.15. The van der Waals surface area contributed by atoms with Crippen LogP contribution < -0.4 is 0 Å². The van der Waals surface area contributed by atoms with Gasteiger partial charge in [0.2, 0.25) is 0 Å². The van der Waals surface area contributed by atoms with Gasteiger partial charge >= 0.3 is 5.97 Å². The number of aromatic nitrogens is 4. The van der Waals surface area contributed by atoms with E-state index in [1.54, 1.807) is 24.0 Å². The molecule has 0 atom stereocenters. The molecular weight excluding hydrogens is 232 g/mol. The molecule has 0 bridgehead atoms. The molecule has 0 amide bonds. The summed E-state index contributed by atoms with van der Waals surface area (Å²) in [7, 11) is 1.76. The summed E-state index contributed by atoms with van der Waals surface area (Å²) in [6.07, 6.45) is 3.28. The Hall–Kier alpha value is -1.95. The zero-order valence-electron chi connectivity index (χ0n) is 8.25. The van der Waals surface area contributed by atoms with Crippen LogP contribution in [0.2, 0.25) is 5.15 Å². The van der Waals surface area contributed by atoms with Crippen LogP contribution in [0.3, 0.4) is 0 Å². The Morgan fingerprint density at radius 2 is 2.25 bits per heavy atom. The lowest BCUT2D eigenvalue weighted by molar-refractivity contribution is 0.0690. The normalized spacial score (nSPS) is 10.4. The summed E-state index contributed by atoms with van der Waals surface area (Å²) in [5.41, 5.74) is -0.155. The Labute approximate surface area is 95.6 Å². The first-order valence-electron chi connectivity index (χ1n) is 4.33. The van der Waals surface area contributed by atoms with E-state index in [4.69, 9.17) is 16.7 Å². The first-order valence-corrected chi connectivity index (χ1v) is 4.71. The van der Waals surface area contributed by atoms with Gasteiger partial charge in [-0.3, -0.25) is 0 Å². The molecule has 2 heterocycles. The Morgan fingerprint density at radius 3 is 2.81 bits per heavy atom. The number of carboxylic acid groups (broad SMARTS) is 1. The predicted octanol–water partition coefficient (Wildman–Crippen LogP) is 1.23. The molecule has 0 aliphatic rings. The summed E-state index contributed by atoms with van der Waals surface area (Å²) in [6, 6.07) is 1.19. The van der Waals surface area contributed by atoms with E-state index < -0.39 is 5.97 Å². The number of aromatic carboxylic acids is 1. The van der Waals surface area contributed by atoms with Crippen LogP contribution in [0.15, 0.2) is 18.5 Å². The summed E-state index contributed by atoms with van der Waals surface area (Å²) >= 11 is 5.71. The van der Waals surface area contributed by atoms with Crippen molar-refractivity contribution in [1.29, 1.82) is 0 Å². The zero-order valence-corrected chi connectivity index (χ0v) is 9.01. The largest absolute Gasteiger partial charge is 0.477 e. The monoisotopic (exact) mass is 238 g/mol. The number of carboxylic acids is 1. The van der Waals surface area contributed by atoms with Crippen LogP contribution in [-0.2, 0) is 7.05 Å². The average molecular weight is 239 g/mol. The molecule has 0 saturated heterocycles. The topological polar surface area (TPSA) is 80.9 Å². The van der Waals surface area contributed by atoms with Crippen molar-refractivity contribution < 1.29 is 9.90 Å². The maximum absolute atomic E-state index is 10.8. The van der Waals surface area contributed by atoms with Gasteiger partial charge in [-0.25, -0.2) is 19.7 Å². The highest BCUT2D eigenvalue weighted by Crippen LogP contribution is 2.15. The van der Waals surface area contributed by atoms with Crippen LogP contribution in [-0.4, -0.2) is 30.6 Å². The number of imidazole rings is 1. The maximum Gasteiger partial charge on any atom is 0.354 e. The van der Waals surface area contributed by atoms with Crippen LogP contribution in [0, 0.1) is 0 Å². The number of carbonyl (C=O) groups is 1. The van der Waals surface area contributed by atoms with Gasteiger partial charge in [-0.05, 0) is 0 Å². The third kappa shape index (κ3) is 1.87. The molecule has 0 aliphatic heterocycles. The smallest absolute Gasteiger partial charge is 0.354 e. The summed E-state index contributed by atoms with van der Waals surface area (Å²) in [5, 5.41) is 8.90. The van der Waals surface area contributed by atoms with Crippen molar-refractivity contribution in [3.63, 3.8) is 0 Å². The van der Waals surface area contributed by atoms with Gasteiger partial charge in [0, 0.05) is 25.5 Å². The molecule has 0 aliphatic carbocycles. The second-order valence-electron chi connectivity index (χ2n) is 3.07. The molecule has 6 nitrogen and oxygen atoms in total. The molecule has 16 heavy (non-hydrogen) atoms. The first-order chi connectivity index (χ1) is 7.58. The van der Waals surface area contributed by atoms with Gasteiger partial charge in [0.05, 0.1) is 0 Å². The summed E-state index contributed by atoms with van der Waals surface area (Å²) in [5.74, 6) is -0.498. The molecule has 2 aromatic heterocycles. The molecular formula is C9H7ClN4O2. The van der Waals surface area contributed by atoms with Crippen LogP contribution in [0.25, 0.3) is 11.6 Å². The quantitative estimate of drug-likeness (QED) is 0.796. The molecule has 0 fully saturated rings. The lowest BCUT2D eigenvalue weighted by Gasteiger charge is -2.02. The second kappa shape index (κ2) is 3.90. The van der Waals surface area contributed by atoms with E-state index in [2.05, 4.69) is 15.0 Å². The molecule has 0 radical (unpaired) electrons. The number of hydrogen-bond acceptors (Lipinski definition) is 4. The number of hydrogen-bond donors (Lipinski definition) is 1. The van der Waals surface area contributed by atoms with Gasteiger partial charge in [0.1, 0.15) is 5.15 Å². The molecule has 2 rings (SSSR count). The minimum absolute atomic E-state index is 0.0744. The Morgan fingerprint density at radius 1 is 1.50 bits per heavy atom. The molecule has 0 unspecified atom stereocenters. The van der Waals surface area contributed by atoms with Gasteiger partial charge in [0.15, 0.2) is 17.3 Å². The van der Waals surface area contributed by atoms with Crippen molar-refractivity contribution in [3.05, 3.63) is 29.3 Å². The van der Waals surface area contributed by atoms with Crippen LogP contribution in [0.1, 0.15) is 10.5 Å². The van der Waals surface area contributed by atoms with Gasteiger partial charge in [-0.2, -0.15) is 0 Å². The first kappa shape index (κ1) is 10.6. The highest BCUT2D eigenvalue weighted by molar-refractivity contribution is 6.29. The van der Waals surface area contributed by atoms with E-state index in [9.17, 15) is 4.79 Å². The summed E-state index contributed by atoms with van der Waals surface area (Å²) in [4.78, 5) is 22.6. The zero-order chi connectivity index (χ0) is 11.7. The average Bonchev–Trinajstić information content (AvgIpc) is 2.63. The number of rotatable bonds is 2.